The second-order valence-electron chi connectivity index (χ2n) is 4.02. The number of methoxy groups -OCH3 is 1. The fourth-order valence-corrected chi connectivity index (χ4v) is 2.27. The number of carbonyl (C=O) groups is 3. The van der Waals surface area contributed by atoms with Gasteiger partial charge in [-0.15, -0.1) is 0 Å². The van der Waals surface area contributed by atoms with E-state index < -0.39 is 11.9 Å². The predicted octanol–water partition coefficient (Wildman–Crippen LogP) is -1.01. The van der Waals surface area contributed by atoms with Crippen LogP contribution in [0.15, 0.2) is 0 Å². The molecular weight excluding hydrogens is 212 g/mol. The maximum absolute atomic E-state index is 11.5. The van der Waals surface area contributed by atoms with Crippen LogP contribution in [0, 0.1) is 0 Å². The van der Waals surface area contributed by atoms with Crippen molar-refractivity contribution >= 4 is 17.8 Å². The molecular formula is C10H14N2O4. The number of piperazine rings is 1. The fourth-order valence-electron chi connectivity index (χ4n) is 2.27. The zero-order valence-electron chi connectivity index (χ0n) is 9.14. The average molecular weight is 226 g/mol. The van der Waals surface area contributed by atoms with E-state index in [1.807, 2.05) is 0 Å². The van der Waals surface area contributed by atoms with Gasteiger partial charge in [0.2, 0.25) is 5.91 Å². The molecule has 2 rings (SSSR count). The summed E-state index contributed by atoms with van der Waals surface area (Å²) >= 11 is 0. The zero-order valence-corrected chi connectivity index (χ0v) is 9.14. The van der Waals surface area contributed by atoms with Gasteiger partial charge in [-0.25, -0.2) is 4.79 Å². The van der Waals surface area contributed by atoms with Crippen molar-refractivity contribution in [3.05, 3.63) is 0 Å². The first-order chi connectivity index (χ1) is 7.63. The van der Waals surface area contributed by atoms with Gasteiger partial charge in [-0.05, 0) is 6.42 Å². The van der Waals surface area contributed by atoms with E-state index in [-0.39, 0.29) is 11.9 Å². The lowest BCUT2D eigenvalue weighted by Gasteiger charge is -2.36. The number of esters is 1. The van der Waals surface area contributed by atoms with Gasteiger partial charge in [0, 0.05) is 32.1 Å². The van der Waals surface area contributed by atoms with Crippen molar-refractivity contribution in [3.63, 3.8) is 0 Å². The topological polar surface area (TPSA) is 66.9 Å². The first-order valence-electron chi connectivity index (χ1n) is 5.30. The van der Waals surface area contributed by atoms with Crippen LogP contribution in [0.1, 0.15) is 12.8 Å². The molecule has 0 saturated carbocycles. The minimum atomic E-state index is -0.835. The summed E-state index contributed by atoms with van der Waals surface area (Å²) in [5, 5.41) is 0. The van der Waals surface area contributed by atoms with Crippen molar-refractivity contribution in [2.24, 2.45) is 0 Å². The first-order valence-corrected chi connectivity index (χ1v) is 5.30. The molecule has 2 aliphatic rings. The number of hydrogen-bond donors (Lipinski definition) is 0. The van der Waals surface area contributed by atoms with Gasteiger partial charge < -0.3 is 14.5 Å². The van der Waals surface area contributed by atoms with Crippen LogP contribution in [0.4, 0.5) is 0 Å². The number of hydrogen-bond acceptors (Lipinski definition) is 4. The monoisotopic (exact) mass is 226 g/mol. The molecule has 0 aromatic heterocycles. The summed E-state index contributed by atoms with van der Waals surface area (Å²) in [6.07, 6.45) is 1.31. The van der Waals surface area contributed by atoms with Gasteiger partial charge in [-0.2, -0.15) is 0 Å². The molecule has 2 heterocycles. The maximum Gasteiger partial charge on any atom is 0.396 e. The highest BCUT2D eigenvalue weighted by molar-refractivity contribution is 6.32. The van der Waals surface area contributed by atoms with Crippen molar-refractivity contribution in [3.8, 4) is 0 Å². The second kappa shape index (κ2) is 4.11. The van der Waals surface area contributed by atoms with Gasteiger partial charge in [0.15, 0.2) is 0 Å². The van der Waals surface area contributed by atoms with Crippen molar-refractivity contribution in [2.75, 3.05) is 26.7 Å². The van der Waals surface area contributed by atoms with E-state index in [1.54, 1.807) is 4.90 Å². The molecule has 2 fully saturated rings. The highest BCUT2D eigenvalue weighted by Crippen LogP contribution is 2.22. The van der Waals surface area contributed by atoms with E-state index >= 15 is 0 Å². The summed E-state index contributed by atoms with van der Waals surface area (Å²) in [6, 6.07) is 0.0786. The molecule has 0 bridgehead atoms. The lowest BCUT2D eigenvalue weighted by Crippen LogP contribution is -2.54. The summed E-state index contributed by atoms with van der Waals surface area (Å²) in [6.45, 7) is 1.38. The van der Waals surface area contributed by atoms with E-state index in [9.17, 15) is 14.4 Å². The first kappa shape index (κ1) is 10.9. The van der Waals surface area contributed by atoms with E-state index in [0.717, 1.165) is 6.42 Å². The van der Waals surface area contributed by atoms with Crippen molar-refractivity contribution < 1.29 is 19.1 Å². The number of nitrogens with zero attached hydrogens (tertiary/aromatic N) is 2. The van der Waals surface area contributed by atoms with Gasteiger partial charge in [0.05, 0.1) is 7.11 Å². The van der Waals surface area contributed by atoms with Gasteiger partial charge in [-0.3, -0.25) is 9.59 Å². The standard InChI is InChI=1S/C10H14N2O4/c1-16-10(15)9(14)11-4-5-12-7(6-11)2-3-8(12)13/h7H,2-6H2,1H3. The SMILES string of the molecule is COC(=O)C(=O)N1CCN2C(=O)CCC2C1. The minimum Gasteiger partial charge on any atom is -0.462 e. The molecule has 0 aromatic rings. The van der Waals surface area contributed by atoms with Gasteiger partial charge in [0.1, 0.15) is 0 Å². The Balaban J connectivity index is 1.99. The third-order valence-electron chi connectivity index (χ3n) is 3.14. The summed E-state index contributed by atoms with van der Waals surface area (Å²) < 4.78 is 4.39. The smallest absolute Gasteiger partial charge is 0.396 e. The number of amides is 2. The van der Waals surface area contributed by atoms with Crippen molar-refractivity contribution in [1.29, 1.82) is 0 Å². The molecule has 88 valence electrons. The molecule has 2 aliphatic heterocycles. The normalized spacial score (nSPS) is 24.3. The summed E-state index contributed by atoms with van der Waals surface area (Å²) in [4.78, 5) is 37.3. The van der Waals surface area contributed by atoms with Gasteiger partial charge in [0.25, 0.3) is 0 Å². The summed E-state index contributed by atoms with van der Waals surface area (Å²) in [7, 11) is 1.19. The van der Waals surface area contributed by atoms with Gasteiger partial charge >= 0.3 is 11.9 Å². The molecule has 0 aliphatic carbocycles. The van der Waals surface area contributed by atoms with E-state index in [2.05, 4.69) is 4.74 Å². The third-order valence-corrected chi connectivity index (χ3v) is 3.14. The molecule has 6 heteroatoms. The number of carbonyl (C=O) groups excluding carboxylic acids is 3. The van der Waals surface area contributed by atoms with Crippen LogP contribution >= 0.6 is 0 Å². The Morgan fingerprint density at radius 1 is 1.38 bits per heavy atom. The molecule has 0 spiro atoms. The molecule has 1 atom stereocenters. The Bertz CT molecular complexity index is 342. The van der Waals surface area contributed by atoms with E-state index in [0.29, 0.717) is 26.1 Å². The maximum atomic E-state index is 11.5. The Hall–Kier alpha value is -1.59. The predicted molar refractivity (Wildman–Crippen MR) is 53.3 cm³/mol. The number of ether oxygens (including phenoxy) is 1. The third kappa shape index (κ3) is 1.75. The fraction of sp³-hybridized carbons (Fsp3) is 0.700. The highest BCUT2D eigenvalue weighted by Gasteiger charge is 2.38. The number of rotatable bonds is 0. The molecule has 0 radical (unpaired) electrons. The average Bonchev–Trinajstić information content (AvgIpc) is 2.68. The Labute approximate surface area is 93.1 Å². The van der Waals surface area contributed by atoms with Crippen LogP contribution in [-0.4, -0.2) is 60.4 Å². The summed E-state index contributed by atoms with van der Waals surface area (Å²) in [5.41, 5.74) is 0. The van der Waals surface area contributed by atoms with E-state index in [4.69, 9.17) is 0 Å². The number of fused-ring (bicyclic) bond motifs is 1. The van der Waals surface area contributed by atoms with Crippen LogP contribution in [0.3, 0.4) is 0 Å². The summed E-state index contributed by atoms with van der Waals surface area (Å²) in [5.74, 6) is -1.30. The van der Waals surface area contributed by atoms with E-state index in [1.165, 1.54) is 12.0 Å². The Morgan fingerprint density at radius 2 is 2.12 bits per heavy atom. The van der Waals surface area contributed by atoms with Crippen molar-refractivity contribution in [1.82, 2.24) is 9.80 Å². The van der Waals surface area contributed by atoms with Crippen LogP contribution in [0.2, 0.25) is 0 Å². The molecule has 0 aromatic carbocycles. The molecule has 0 N–H and O–H groups in total. The van der Waals surface area contributed by atoms with Crippen LogP contribution < -0.4 is 0 Å². The Kier molecular flexibility index (Phi) is 2.80. The zero-order chi connectivity index (χ0) is 11.7. The lowest BCUT2D eigenvalue weighted by molar-refractivity contribution is -0.159. The molecule has 2 saturated heterocycles. The minimum absolute atomic E-state index is 0.0786. The second-order valence-corrected chi connectivity index (χ2v) is 4.02. The highest BCUT2D eigenvalue weighted by atomic mass is 16.5. The quantitative estimate of drug-likeness (QED) is 0.392. The van der Waals surface area contributed by atoms with Crippen molar-refractivity contribution in [2.45, 2.75) is 18.9 Å². The lowest BCUT2D eigenvalue weighted by atomic mass is 10.1. The van der Waals surface area contributed by atoms with Gasteiger partial charge in [-0.1, -0.05) is 0 Å². The van der Waals surface area contributed by atoms with Crippen LogP contribution in [0.5, 0.6) is 0 Å². The molecule has 2 amide bonds. The Morgan fingerprint density at radius 3 is 2.81 bits per heavy atom. The molecule has 1 unspecified atom stereocenters. The molecule has 16 heavy (non-hydrogen) atoms. The molecule has 6 nitrogen and oxygen atoms in total. The van der Waals surface area contributed by atoms with Crippen LogP contribution in [-0.2, 0) is 19.1 Å². The van der Waals surface area contributed by atoms with Crippen LogP contribution in [0.25, 0.3) is 0 Å². The largest absolute Gasteiger partial charge is 0.462 e.